The topological polar surface area (TPSA) is 6.25 Å². The summed E-state index contributed by atoms with van der Waals surface area (Å²) in [4.78, 5) is 2.41. The fourth-order valence-corrected chi connectivity index (χ4v) is 4.28. The van der Waals surface area contributed by atoms with E-state index in [-0.39, 0.29) is 0 Å². The first-order valence-electron chi connectivity index (χ1n) is 9.77. The van der Waals surface area contributed by atoms with Gasteiger partial charge < -0.3 is 4.90 Å². The van der Waals surface area contributed by atoms with Gasteiger partial charge in [0, 0.05) is 38.2 Å². The van der Waals surface area contributed by atoms with Gasteiger partial charge in [-0.1, -0.05) is 19.1 Å². The lowest BCUT2D eigenvalue weighted by atomic mass is 9.85. The number of allylic oxidation sites excluding steroid dienone is 8. The van der Waals surface area contributed by atoms with Crippen molar-refractivity contribution in [2.24, 2.45) is 0 Å². The van der Waals surface area contributed by atoms with E-state index in [9.17, 15) is 0 Å². The predicted octanol–water partition coefficient (Wildman–Crippen LogP) is 4.85. The Morgan fingerprint density at radius 2 is 1.88 bits per heavy atom. The molecule has 2 heterocycles. The van der Waals surface area contributed by atoms with Gasteiger partial charge in [0.25, 0.3) is 0 Å². The lowest BCUT2D eigenvalue weighted by Crippen LogP contribution is -2.09. The molecule has 2 aliphatic heterocycles. The van der Waals surface area contributed by atoms with Crippen molar-refractivity contribution in [1.82, 2.24) is 4.90 Å². The summed E-state index contributed by atoms with van der Waals surface area (Å²) in [6, 6.07) is 0. The second-order valence-corrected chi connectivity index (χ2v) is 7.44. The lowest BCUT2D eigenvalue weighted by Gasteiger charge is -2.21. The van der Waals surface area contributed by atoms with E-state index in [1.165, 1.54) is 69.4 Å². The van der Waals surface area contributed by atoms with Crippen LogP contribution in [-0.4, -0.2) is 42.4 Å². The number of likely N-dealkylation sites (tertiary alicyclic amines) is 1. The lowest BCUT2D eigenvalue weighted by molar-refractivity contribution is -0.487. The van der Waals surface area contributed by atoms with Crippen molar-refractivity contribution in [3.8, 4) is 0 Å². The Hall–Kier alpha value is -1.57. The van der Waals surface area contributed by atoms with Crippen molar-refractivity contribution in [2.75, 3.05) is 27.2 Å². The summed E-state index contributed by atoms with van der Waals surface area (Å²) < 4.78 is 2.41. The van der Waals surface area contributed by atoms with Crippen LogP contribution in [0.4, 0.5) is 0 Å². The molecule has 0 atom stereocenters. The average Bonchev–Trinajstić information content (AvgIpc) is 3.19. The van der Waals surface area contributed by atoms with E-state index in [0.29, 0.717) is 0 Å². The minimum Gasteiger partial charge on any atom is -0.378 e. The van der Waals surface area contributed by atoms with E-state index in [1.54, 1.807) is 16.7 Å². The van der Waals surface area contributed by atoms with Crippen LogP contribution in [0.5, 0.6) is 0 Å². The Morgan fingerprint density at radius 3 is 2.54 bits per heavy atom. The molecule has 0 amide bonds. The van der Waals surface area contributed by atoms with Gasteiger partial charge in [-0.2, -0.15) is 0 Å². The van der Waals surface area contributed by atoms with Gasteiger partial charge in [0.2, 0.25) is 0 Å². The minimum atomic E-state index is 1.15. The Bertz CT molecular complexity index is 628. The third kappa shape index (κ3) is 3.91. The molecule has 24 heavy (non-hydrogen) atoms. The van der Waals surface area contributed by atoms with Crippen LogP contribution >= 0.6 is 0 Å². The van der Waals surface area contributed by atoms with Crippen molar-refractivity contribution in [3.63, 3.8) is 0 Å². The quantitative estimate of drug-likeness (QED) is 0.670. The van der Waals surface area contributed by atoms with E-state index in [1.807, 2.05) is 0 Å². The highest BCUT2D eigenvalue weighted by Crippen LogP contribution is 2.33. The van der Waals surface area contributed by atoms with Crippen molar-refractivity contribution in [2.45, 2.75) is 58.3 Å². The first-order chi connectivity index (χ1) is 11.7. The van der Waals surface area contributed by atoms with Crippen LogP contribution < -0.4 is 0 Å². The summed E-state index contributed by atoms with van der Waals surface area (Å²) >= 11 is 0. The van der Waals surface area contributed by atoms with Crippen molar-refractivity contribution < 1.29 is 4.58 Å². The van der Waals surface area contributed by atoms with E-state index in [4.69, 9.17) is 0 Å². The number of hydrogen-bond acceptors (Lipinski definition) is 1. The highest BCUT2D eigenvalue weighted by atomic mass is 15.1. The number of rotatable bonds is 4. The molecular formula is C22H33N2+. The number of nitrogens with zero attached hydrogens (tertiary/aromatic N) is 2. The largest absolute Gasteiger partial charge is 0.378 e. The molecule has 0 N–H and O–H groups in total. The zero-order chi connectivity index (χ0) is 16.9. The van der Waals surface area contributed by atoms with E-state index in [2.05, 4.69) is 54.8 Å². The first kappa shape index (κ1) is 17.3. The highest BCUT2D eigenvalue weighted by molar-refractivity contribution is 5.91. The molecule has 3 rings (SSSR count). The van der Waals surface area contributed by atoms with Crippen LogP contribution in [-0.2, 0) is 0 Å². The first-order valence-corrected chi connectivity index (χ1v) is 9.77. The van der Waals surface area contributed by atoms with Gasteiger partial charge in [-0.25, -0.2) is 4.58 Å². The van der Waals surface area contributed by atoms with E-state index < -0.39 is 0 Å². The van der Waals surface area contributed by atoms with Crippen molar-refractivity contribution in [1.29, 1.82) is 0 Å². The van der Waals surface area contributed by atoms with Gasteiger partial charge in [0.1, 0.15) is 13.6 Å². The second kappa shape index (κ2) is 8.00. The van der Waals surface area contributed by atoms with Crippen LogP contribution in [0.2, 0.25) is 0 Å². The summed E-state index contributed by atoms with van der Waals surface area (Å²) in [6.07, 6.45) is 19.6. The Kier molecular flexibility index (Phi) is 5.76. The van der Waals surface area contributed by atoms with Gasteiger partial charge in [0.15, 0.2) is 5.71 Å². The van der Waals surface area contributed by atoms with Crippen LogP contribution in [0.25, 0.3) is 0 Å². The molecular weight excluding hydrogens is 292 g/mol. The van der Waals surface area contributed by atoms with Crippen LogP contribution in [0.1, 0.15) is 58.3 Å². The molecule has 0 bridgehead atoms. The molecule has 2 heteroatoms. The fourth-order valence-electron chi connectivity index (χ4n) is 4.28. The zero-order valence-corrected chi connectivity index (χ0v) is 15.8. The van der Waals surface area contributed by atoms with Crippen molar-refractivity contribution >= 4 is 5.71 Å². The second-order valence-electron chi connectivity index (χ2n) is 7.44. The van der Waals surface area contributed by atoms with Crippen LogP contribution in [0.3, 0.4) is 0 Å². The minimum absolute atomic E-state index is 1.15. The van der Waals surface area contributed by atoms with Crippen molar-refractivity contribution in [3.05, 3.63) is 46.7 Å². The Morgan fingerprint density at radius 1 is 1.00 bits per heavy atom. The predicted molar refractivity (Wildman–Crippen MR) is 104 cm³/mol. The molecule has 0 radical (unpaired) electrons. The molecule has 0 unspecified atom stereocenters. The van der Waals surface area contributed by atoms with E-state index >= 15 is 0 Å². The van der Waals surface area contributed by atoms with Gasteiger partial charge in [0.05, 0.1) is 0 Å². The van der Waals surface area contributed by atoms with Gasteiger partial charge in [-0.3, -0.25) is 0 Å². The summed E-state index contributed by atoms with van der Waals surface area (Å²) in [6.45, 7) is 4.74. The third-order valence-corrected chi connectivity index (χ3v) is 5.81. The summed E-state index contributed by atoms with van der Waals surface area (Å²) in [5.41, 5.74) is 7.74. The molecule has 0 spiro atoms. The normalized spacial score (nSPS) is 26.0. The summed E-state index contributed by atoms with van der Waals surface area (Å²) in [5.74, 6) is 0. The molecule has 3 aliphatic rings. The van der Waals surface area contributed by atoms with Gasteiger partial charge in [-0.15, -0.1) is 0 Å². The highest BCUT2D eigenvalue weighted by Gasteiger charge is 2.18. The zero-order valence-electron chi connectivity index (χ0n) is 15.8. The van der Waals surface area contributed by atoms with Gasteiger partial charge >= 0.3 is 0 Å². The summed E-state index contributed by atoms with van der Waals surface area (Å²) in [7, 11) is 4.44. The Balaban J connectivity index is 1.83. The third-order valence-electron chi connectivity index (χ3n) is 5.81. The molecule has 130 valence electrons. The molecule has 2 nitrogen and oxygen atoms in total. The van der Waals surface area contributed by atoms with Gasteiger partial charge in [-0.05, 0) is 61.3 Å². The molecule has 0 aromatic carbocycles. The maximum atomic E-state index is 2.41. The maximum Gasteiger partial charge on any atom is 0.176 e. The van der Waals surface area contributed by atoms with E-state index in [0.717, 1.165) is 6.42 Å². The molecule has 1 saturated heterocycles. The monoisotopic (exact) mass is 325 g/mol. The maximum absolute atomic E-state index is 2.41. The Labute approximate surface area is 147 Å². The molecule has 0 aromatic rings. The molecule has 1 fully saturated rings. The smallest absolute Gasteiger partial charge is 0.176 e. The SMILES string of the molecule is CCC1=C(/C=C/C2=[N+](C)CCC2)CCCC1=C/C=C1\CCCN1C. The summed E-state index contributed by atoms with van der Waals surface area (Å²) in [5, 5.41) is 0. The number of hydrogen-bond donors (Lipinski definition) is 0. The fraction of sp³-hybridized carbons (Fsp3) is 0.591. The molecule has 0 aromatic heterocycles. The standard InChI is InChI=1S/C22H33N2/c1-4-22-18(12-14-20-10-6-16-23(20)2)8-5-9-19(22)13-15-21-11-7-17-24(21)3/h12-15H,4-11,16-17H2,1-3H3/q+1. The van der Waals surface area contributed by atoms with Crippen LogP contribution in [0.15, 0.2) is 46.7 Å². The molecule has 0 saturated carbocycles. The van der Waals surface area contributed by atoms with Crippen LogP contribution in [0, 0.1) is 0 Å². The molecule has 1 aliphatic carbocycles. The average molecular weight is 326 g/mol.